The first-order valence-electron chi connectivity index (χ1n) is 9.10. The Bertz CT molecular complexity index is 811. The van der Waals surface area contributed by atoms with Crippen LogP contribution in [0.15, 0.2) is 36.4 Å². The standard InChI is InChI=1S/C21H25ClN2O2/c1-25-20-9-14-6-7-24-12-17(13-4-3-5-15(22)8-13)18(23)11-19(24)16(14)10-21(20)26-2/h3-5,8-10,17-19H,6-7,11-12,23H2,1-2H3/t17-,18-,19+/m1/s1. The summed E-state index contributed by atoms with van der Waals surface area (Å²) in [5.74, 6) is 1.90. The number of nitrogens with two attached hydrogens (primary N) is 1. The maximum absolute atomic E-state index is 6.63. The summed E-state index contributed by atoms with van der Waals surface area (Å²) in [5, 5.41) is 0.776. The highest BCUT2D eigenvalue weighted by Crippen LogP contribution is 2.44. The minimum absolute atomic E-state index is 0.105. The molecule has 2 N–H and O–H groups in total. The highest BCUT2D eigenvalue weighted by atomic mass is 35.5. The molecule has 0 radical (unpaired) electrons. The average Bonchev–Trinajstić information content (AvgIpc) is 2.66. The quantitative estimate of drug-likeness (QED) is 0.890. The van der Waals surface area contributed by atoms with E-state index in [1.807, 2.05) is 12.1 Å². The number of ether oxygens (including phenoxy) is 2. The monoisotopic (exact) mass is 372 g/mol. The van der Waals surface area contributed by atoms with Gasteiger partial charge in [0.2, 0.25) is 0 Å². The Balaban J connectivity index is 1.64. The van der Waals surface area contributed by atoms with Gasteiger partial charge < -0.3 is 15.2 Å². The Kier molecular flexibility index (Phi) is 4.82. The van der Waals surface area contributed by atoms with E-state index in [0.29, 0.717) is 12.0 Å². The maximum atomic E-state index is 6.63. The average molecular weight is 373 g/mol. The van der Waals surface area contributed by atoms with Crippen LogP contribution in [0.3, 0.4) is 0 Å². The summed E-state index contributed by atoms with van der Waals surface area (Å²) in [6.07, 6.45) is 1.95. The molecule has 5 heteroatoms. The first kappa shape index (κ1) is 17.7. The molecule has 0 saturated carbocycles. The van der Waals surface area contributed by atoms with Gasteiger partial charge in [-0.15, -0.1) is 0 Å². The van der Waals surface area contributed by atoms with E-state index in [1.165, 1.54) is 16.7 Å². The highest BCUT2D eigenvalue weighted by molar-refractivity contribution is 6.30. The molecule has 4 nitrogen and oxygen atoms in total. The van der Waals surface area contributed by atoms with Gasteiger partial charge in [0.25, 0.3) is 0 Å². The number of fused-ring (bicyclic) bond motifs is 3. The first-order chi connectivity index (χ1) is 12.6. The summed E-state index contributed by atoms with van der Waals surface area (Å²) < 4.78 is 11.0. The van der Waals surface area contributed by atoms with Gasteiger partial charge in [0.05, 0.1) is 14.2 Å². The number of benzene rings is 2. The third-order valence-corrected chi connectivity index (χ3v) is 6.07. The Morgan fingerprint density at radius 2 is 1.88 bits per heavy atom. The summed E-state index contributed by atoms with van der Waals surface area (Å²) in [6, 6.07) is 12.8. The van der Waals surface area contributed by atoms with Crippen molar-refractivity contribution in [1.29, 1.82) is 0 Å². The molecule has 0 unspecified atom stereocenters. The van der Waals surface area contributed by atoms with Gasteiger partial charge in [-0.1, -0.05) is 23.7 Å². The van der Waals surface area contributed by atoms with Crippen LogP contribution in [-0.2, 0) is 6.42 Å². The number of nitrogens with zero attached hydrogens (tertiary/aromatic N) is 1. The van der Waals surface area contributed by atoms with E-state index in [4.69, 9.17) is 26.8 Å². The second kappa shape index (κ2) is 7.10. The molecule has 2 aliphatic rings. The Morgan fingerprint density at radius 3 is 2.62 bits per heavy atom. The zero-order chi connectivity index (χ0) is 18.3. The number of piperidine rings is 1. The van der Waals surface area contributed by atoms with Crippen LogP contribution in [0.4, 0.5) is 0 Å². The van der Waals surface area contributed by atoms with E-state index < -0.39 is 0 Å². The molecule has 3 atom stereocenters. The van der Waals surface area contributed by atoms with Crippen molar-refractivity contribution >= 4 is 11.6 Å². The van der Waals surface area contributed by atoms with E-state index in [0.717, 1.165) is 42.5 Å². The van der Waals surface area contributed by atoms with E-state index in [2.05, 4.69) is 29.2 Å². The van der Waals surface area contributed by atoms with E-state index in [-0.39, 0.29) is 6.04 Å². The van der Waals surface area contributed by atoms with Gasteiger partial charge in [0.15, 0.2) is 11.5 Å². The SMILES string of the molecule is COc1cc2c(cc1OC)[C@@H]1C[C@@H](N)[C@@H](c3cccc(Cl)c3)CN1CC2. The largest absolute Gasteiger partial charge is 0.493 e. The third kappa shape index (κ3) is 3.07. The van der Waals surface area contributed by atoms with Crippen molar-refractivity contribution in [1.82, 2.24) is 4.90 Å². The second-order valence-corrected chi connectivity index (χ2v) is 7.66. The summed E-state index contributed by atoms with van der Waals surface area (Å²) >= 11 is 6.20. The zero-order valence-electron chi connectivity index (χ0n) is 15.2. The predicted molar refractivity (Wildman–Crippen MR) is 104 cm³/mol. The lowest BCUT2D eigenvalue weighted by Crippen LogP contribution is -2.49. The fourth-order valence-electron chi connectivity index (χ4n) is 4.47. The molecule has 1 fully saturated rings. The molecule has 0 amide bonds. The molecule has 2 heterocycles. The summed E-state index contributed by atoms with van der Waals surface area (Å²) in [4.78, 5) is 2.56. The van der Waals surface area contributed by atoms with Crippen molar-refractivity contribution < 1.29 is 9.47 Å². The topological polar surface area (TPSA) is 47.7 Å². The van der Waals surface area contributed by atoms with Crippen molar-refractivity contribution in [3.8, 4) is 11.5 Å². The molecule has 0 aliphatic carbocycles. The van der Waals surface area contributed by atoms with E-state index in [1.54, 1.807) is 14.2 Å². The molecule has 0 aromatic heterocycles. The number of hydrogen-bond donors (Lipinski definition) is 1. The molecule has 4 rings (SSSR count). The van der Waals surface area contributed by atoms with Gasteiger partial charge in [-0.05, 0) is 53.8 Å². The molecule has 2 aromatic rings. The van der Waals surface area contributed by atoms with E-state index >= 15 is 0 Å². The number of halogens is 1. The highest BCUT2D eigenvalue weighted by Gasteiger charge is 2.38. The van der Waals surface area contributed by atoms with Gasteiger partial charge >= 0.3 is 0 Å². The fraction of sp³-hybridized carbons (Fsp3) is 0.429. The lowest BCUT2D eigenvalue weighted by Gasteiger charge is -2.46. The third-order valence-electron chi connectivity index (χ3n) is 5.83. The van der Waals surface area contributed by atoms with Crippen LogP contribution in [0.2, 0.25) is 5.02 Å². The Labute approximate surface area is 159 Å². The lowest BCUT2D eigenvalue weighted by atomic mass is 9.78. The van der Waals surface area contributed by atoms with Crippen LogP contribution >= 0.6 is 11.6 Å². The number of rotatable bonds is 3. The minimum atomic E-state index is 0.105. The van der Waals surface area contributed by atoms with Crippen molar-refractivity contribution in [3.05, 3.63) is 58.1 Å². The van der Waals surface area contributed by atoms with Gasteiger partial charge in [0.1, 0.15) is 0 Å². The van der Waals surface area contributed by atoms with Crippen LogP contribution in [-0.4, -0.2) is 38.3 Å². The van der Waals surface area contributed by atoms with Crippen LogP contribution in [0.1, 0.15) is 35.1 Å². The zero-order valence-corrected chi connectivity index (χ0v) is 16.0. The molecule has 2 aliphatic heterocycles. The predicted octanol–water partition coefficient (Wildman–Crippen LogP) is 3.77. The second-order valence-electron chi connectivity index (χ2n) is 7.23. The van der Waals surface area contributed by atoms with Crippen LogP contribution < -0.4 is 15.2 Å². The summed E-state index contributed by atoms with van der Waals surface area (Å²) in [6.45, 7) is 2.00. The first-order valence-corrected chi connectivity index (χ1v) is 9.48. The van der Waals surface area contributed by atoms with E-state index in [9.17, 15) is 0 Å². The lowest BCUT2D eigenvalue weighted by molar-refractivity contribution is 0.109. The normalized spacial score (nSPS) is 25.3. The molecule has 0 spiro atoms. The fourth-order valence-corrected chi connectivity index (χ4v) is 4.67. The maximum Gasteiger partial charge on any atom is 0.161 e. The Hall–Kier alpha value is -1.75. The molecular weight excluding hydrogens is 348 g/mol. The van der Waals surface area contributed by atoms with Gasteiger partial charge in [0, 0.05) is 36.1 Å². The molecule has 0 bridgehead atoms. The number of methoxy groups -OCH3 is 2. The van der Waals surface area contributed by atoms with Crippen molar-refractivity contribution in [2.24, 2.45) is 5.73 Å². The molecule has 2 aromatic carbocycles. The van der Waals surface area contributed by atoms with Crippen LogP contribution in [0.5, 0.6) is 11.5 Å². The summed E-state index contributed by atoms with van der Waals surface area (Å²) in [5.41, 5.74) is 10.5. The van der Waals surface area contributed by atoms with Gasteiger partial charge in [-0.2, -0.15) is 0 Å². The van der Waals surface area contributed by atoms with Gasteiger partial charge in [-0.3, -0.25) is 4.90 Å². The Morgan fingerprint density at radius 1 is 1.12 bits per heavy atom. The van der Waals surface area contributed by atoms with Crippen molar-refractivity contribution in [2.45, 2.75) is 30.8 Å². The molecular formula is C21H25ClN2O2. The van der Waals surface area contributed by atoms with Crippen LogP contribution in [0, 0.1) is 0 Å². The van der Waals surface area contributed by atoms with Gasteiger partial charge in [-0.25, -0.2) is 0 Å². The minimum Gasteiger partial charge on any atom is -0.493 e. The van der Waals surface area contributed by atoms with Crippen LogP contribution in [0.25, 0.3) is 0 Å². The smallest absolute Gasteiger partial charge is 0.161 e. The molecule has 26 heavy (non-hydrogen) atoms. The van der Waals surface area contributed by atoms with Crippen molar-refractivity contribution in [3.63, 3.8) is 0 Å². The molecule has 1 saturated heterocycles. The summed E-state index contributed by atoms with van der Waals surface area (Å²) in [7, 11) is 3.37. The number of hydrogen-bond acceptors (Lipinski definition) is 4. The molecule has 138 valence electrons. The van der Waals surface area contributed by atoms with Crippen molar-refractivity contribution in [2.75, 3.05) is 27.3 Å².